The molecule has 1 N–H and O–H groups in total. The van der Waals surface area contributed by atoms with Gasteiger partial charge in [0.2, 0.25) is 5.91 Å². The Labute approximate surface area is 149 Å². The van der Waals surface area contributed by atoms with Gasteiger partial charge in [0.05, 0.1) is 0 Å². The van der Waals surface area contributed by atoms with Crippen LogP contribution in [-0.2, 0) is 4.79 Å². The average molecular weight is 355 g/mol. The van der Waals surface area contributed by atoms with Crippen molar-refractivity contribution in [2.24, 2.45) is 17.8 Å². The summed E-state index contributed by atoms with van der Waals surface area (Å²) >= 11 is 6.27. The lowest BCUT2D eigenvalue weighted by molar-refractivity contribution is -0.132. The monoisotopic (exact) mass is 354 g/mol. The predicted octanol–water partition coefficient (Wildman–Crippen LogP) is 3.32. The summed E-state index contributed by atoms with van der Waals surface area (Å²) in [5.74, 6) is 2.41. The van der Waals surface area contributed by atoms with Crippen LogP contribution in [0.5, 0.6) is 0 Å². The van der Waals surface area contributed by atoms with E-state index in [1.165, 1.54) is 0 Å². The quantitative estimate of drug-likeness (QED) is 0.883. The Morgan fingerprint density at radius 2 is 1.78 bits per heavy atom. The van der Waals surface area contributed by atoms with Gasteiger partial charge in [0.15, 0.2) is 0 Å². The van der Waals surface area contributed by atoms with Crippen molar-refractivity contribution in [1.82, 2.24) is 10.2 Å². The summed E-state index contributed by atoms with van der Waals surface area (Å²) < 4.78 is 0. The molecule has 0 spiro atoms. The van der Waals surface area contributed by atoms with Gasteiger partial charge in [-0.3, -0.25) is 4.79 Å². The molecule has 23 heavy (non-hydrogen) atoms. The van der Waals surface area contributed by atoms with Gasteiger partial charge in [-0.05, 0) is 61.7 Å². The van der Waals surface area contributed by atoms with E-state index in [-0.39, 0.29) is 18.3 Å². The maximum absolute atomic E-state index is 12.8. The van der Waals surface area contributed by atoms with Crippen molar-refractivity contribution < 1.29 is 4.79 Å². The summed E-state index contributed by atoms with van der Waals surface area (Å²) in [6.07, 6.45) is 3.28. The SMILES string of the molecule is Cl.O=C(C1CC1c1ccccc1Cl)N1CC[C@@H]2CNC[C@@H]2CC1. The molecule has 5 heteroatoms. The molecule has 1 aliphatic carbocycles. The summed E-state index contributed by atoms with van der Waals surface area (Å²) in [7, 11) is 0. The number of rotatable bonds is 2. The highest BCUT2D eigenvalue weighted by Crippen LogP contribution is 2.50. The first kappa shape index (κ1) is 17.1. The first-order valence-corrected chi connectivity index (χ1v) is 8.86. The highest BCUT2D eigenvalue weighted by atomic mass is 35.5. The van der Waals surface area contributed by atoms with Gasteiger partial charge in [0.25, 0.3) is 0 Å². The lowest BCUT2D eigenvalue weighted by Crippen LogP contribution is -2.34. The van der Waals surface area contributed by atoms with Crippen LogP contribution in [0.4, 0.5) is 0 Å². The molecule has 1 aromatic carbocycles. The summed E-state index contributed by atoms with van der Waals surface area (Å²) in [6, 6.07) is 7.96. The molecule has 4 atom stereocenters. The Balaban J connectivity index is 0.00000156. The molecule has 1 aromatic rings. The summed E-state index contributed by atoms with van der Waals surface area (Å²) in [6.45, 7) is 4.15. The highest BCUT2D eigenvalue weighted by molar-refractivity contribution is 6.31. The predicted molar refractivity (Wildman–Crippen MR) is 95.2 cm³/mol. The first-order chi connectivity index (χ1) is 10.7. The van der Waals surface area contributed by atoms with Crippen molar-refractivity contribution in [3.63, 3.8) is 0 Å². The van der Waals surface area contributed by atoms with E-state index in [0.717, 1.165) is 67.9 Å². The van der Waals surface area contributed by atoms with Crippen molar-refractivity contribution in [3.8, 4) is 0 Å². The number of hydrogen-bond acceptors (Lipinski definition) is 2. The average Bonchev–Trinajstić information content (AvgIpc) is 3.24. The number of carbonyl (C=O) groups is 1. The van der Waals surface area contributed by atoms with Gasteiger partial charge in [-0.2, -0.15) is 0 Å². The van der Waals surface area contributed by atoms with Crippen LogP contribution in [0.2, 0.25) is 5.02 Å². The van der Waals surface area contributed by atoms with Gasteiger partial charge >= 0.3 is 0 Å². The first-order valence-electron chi connectivity index (χ1n) is 8.48. The minimum atomic E-state index is 0. The van der Waals surface area contributed by atoms with E-state index in [1.54, 1.807) is 0 Å². The van der Waals surface area contributed by atoms with E-state index in [0.29, 0.717) is 11.8 Å². The van der Waals surface area contributed by atoms with E-state index in [1.807, 2.05) is 18.2 Å². The van der Waals surface area contributed by atoms with E-state index in [9.17, 15) is 4.79 Å². The normalized spacial score (nSPS) is 32.7. The minimum Gasteiger partial charge on any atom is -0.342 e. The molecule has 3 nitrogen and oxygen atoms in total. The number of halogens is 2. The molecule has 126 valence electrons. The number of amides is 1. The fourth-order valence-corrected chi connectivity index (χ4v) is 4.54. The highest BCUT2D eigenvalue weighted by Gasteiger charge is 2.47. The molecule has 0 aromatic heterocycles. The zero-order valence-corrected chi connectivity index (χ0v) is 14.8. The second-order valence-corrected chi connectivity index (χ2v) is 7.46. The van der Waals surface area contributed by atoms with Crippen LogP contribution in [0, 0.1) is 17.8 Å². The van der Waals surface area contributed by atoms with Crippen LogP contribution >= 0.6 is 24.0 Å². The third-order valence-corrected chi connectivity index (χ3v) is 6.09. The third kappa shape index (κ3) is 3.38. The number of carbonyl (C=O) groups excluding carboxylic acids is 1. The second-order valence-electron chi connectivity index (χ2n) is 7.05. The van der Waals surface area contributed by atoms with Gasteiger partial charge in [-0.25, -0.2) is 0 Å². The number of benzene rings is 1. The molecule has 1 amide bonds. The molecule has 3 aliphatic rings. The van der Waals surface area contributed by atoms with Crippen LogP contribution in [0.1, 0.15) is 30.7 Å². The summed E-state index contributed by atoms with van der Waals surface area (Å²) in [5, 5.41) is 4.29. The molecule has 4 rings (SSSR count). The van der Waals surface area contributed by atoms with Crippen LogP contribution in [-0.4, -0.2) is 37.0 Å². The molecule has 0 bridgehead atoms. The van der Waals surface area contributed by atoms with E-state index < -0.39 is 0 Å². The molecule has 2 saturated heterocycles. The zero-order valence-electron chi connectivity index (χ0n) is 13.2. The maximum Gasteiger partial charge on any atom is 0.226 e. The Hall–Kier alpha value is -0.770. The second kappa shape index (κ2) is 7.00. The van der Waals surface area contributed by atoms with Crippen LogP contribution in [0.15, 0.2) is 24.3 Å². The molecular formula is C18H24Cl2N2O. The van der Waals surface area contributed by atoms with Crippen LogP contribution in [0.3, 0.4) is 0 Å². The molecule has 0 radical (unpaired) electrons. The van der Waals surface area contributed by atoms with E-state index >= 15 is 0 Å². The van der Waals surface area contributed by atoms with E-state index in [4.69, 9.17) is 11.6 Å². The van der Waals surface area contributed by atoms with Gasteiger partial charge < -0.3 is 10.2 Å². The Morgan fingerprint density at radius 3 is 2.43 bits per heavy atom. The summed E-state index contributed by atoms with van der Waals surface area (Å²) in [4.78, 5) is 14.9. The van der Waals surface area contributed by atoms with Crippen molar-refractivity contribution in [1.29, 1.82) is 0 Å². The third-order valence-electron chi connectivity index (χ3n) is 5.74. The van der Waals surface area contributed by atoms with E-state index in [2.05, 4.69) is 16.3 Å². The zero-order chi connectivity index (χ0) is 15.1. The van der Waals surface area contributed by atoms with Crippen LogP contribution in [0.25, 0.3) is 0 Å². The number of likely N-dealkylation sites (tertiary alicyclic amines) is 1. The van der Waals surface area contributed by atoms with Gasteiger partial charge in [0.1, 0.15) is 0 Å². The lowest BCUT2D eigenvalue weighted by atomic mass is 9.92. The maximum atomic E-state index is 12.8. The number of nitrogens with one attached hydrogen (secondary N) is 1. The van der Waals surface area contributed by atoms with Gasteiger partial charge in [-0.1, -0.05) is 29.8 Å². The molecule has 3 fully saturated rings. The number of nitrogens with zero attached hydrogens (tertiary/aromatic N) is 1. The number of hydrogen-bond donors (Lipinski definition) is 1. The van der Waals surface area contributed by atoms with Gasteiger partial charge in [-0.15, -0.1) is 12.4 Å². The van der Waals surface area contributed by atoms with Crippen LogP contribution < -0.4 is 5.32 Å². The molecular weight excluding hydrogens is 331 g/mol. The Bertz CT molecular complexity index is 566. The Kier molecular flexibility index (Phi) is 5.19. The topological polar surface area (TPSA) is 32.3 Å². The van der Waals surface area contributed by atoms with Crippen molar-refractivity contribution in [3.05, 3.63) is 34.9 Å². The summed E-state index contributed by atoms with van der Waals surface area (Å²) in [5.41, 5.74) is 1.15. The van der Waals surface area contributed by atoms with Crippen molar-refractivity contribution in [2.75, 3.05) is 26.2 Å². The molecule has 2 unspecified atom stereocenters. The molecule has 1 saturated carbocycles. The molecule has 2 heterocycles. The largest absolute Gasteiger partial charge is 0.342 e. The fourth-order valence-electron chi connectivity index (χ4n) is 4.26. The Morgan fingerprint density at radius 1 is 1.13 bits per heavy atom. The van der Waals surface area contributed by atoms with Gasteiger partial charge in [0, 0.05) is 24.0 Å². The fraction of sp³-hybridized carbons (Fsp3) is 0.611. The standard InChI is InChI=1S/C18H23ClN2O.ClH/c19-17-4-2-1-3-14(17)15-9-16(15)18(22)21-7-5-12-10-20-11-13(12)6-8-21;/h1-4,12-13,15-16,20H,5-11H2;1H/t12-,13+,15?,16?;. The lowest BCUT2D eigenvalue weighted by Gasteiger charge is -2.21. The molecule has 2 aliphatic heterocycles. The smallest absolute Gasteiger partial charge is 0.226 e. The van der Waals surface area contributed by atoms with Crippen molar-refractivity contribution in [2.45, 2.75) is 25.2 Å². The minimum absolute atomic E-state index is 0. The van der Waals surface area contributed by atoms with Crippen molar-refractivity contribution >= 4 is 29.9 Å². The number of fused-ring (bicyclic) bond motifs is 1.